The van der Waals surface area contributed by atoms with Crippen LogP contribution in [0.5, 0.6) is 11.6 Å². The highest BCUT2D eigenvalue weighted by molar-refractivity contribution is 7.90. The Hall–Kier alpha value is -3.17. The number of carbonyl (C=O) groups excluding carboxylic acids is 1. The Kier molecular flexibility index (Phi) is 6.29. The molecule has 4 rings (SSSR count). The van der Waals surface area contributed by atoms with Crippen molar-refractivity contribution in [2.24, 2.45) is 0 Å². The molecule has 166 valence electrons. The summed E-state index contributed by atoms with van der Waals surface area (Å²) in [5.74, 6) is 0.813. The van der Waals surface area contributed by atoms with Crippen LogP contribution < -0.4 is 9.64 Å². The van der Waals surface area contributed by atoms with Crippen molar-refractivity contribution in [1.29, 1.82) is 0 Å². The van der Waals surface area contributed by atoms with Crippen molar-refractivity contribution in [3.63, 3.8) is 0 Å². The van der Waals surface area contributed by atoms with Gasteiger partial charge in [0.15, 0.2) is 0 Å². The number of hydrogen-bond acceptors (Lipinski definition) is 6. The molecule has 2 amide bonds. The van der Waals surface area contributed by atoms with Crippen LogP contribution in [0.25, 0.3) is 0 Å². The molecule has 0 spiro atoms. The van der Waals surface area contributed by atoms with Gasteiger partial charge < -0.3 is 9.64 Å². The highest BCUT2D eigenvalue weighted by Crippen LogP contribution is 2.36. The molecule has 1 saturated heterocycles. The summed E-state index contributed by atoms with van der Waals surface area (Å²) < 4.78 is 29.1. The average molecular weight is 473 g/mol. The highest BCUT2D eigenvalue weighted by atomic mass is 35.5. The first-order valence-electron chi connectivity index (χ1n) is 9.85. The monoisotopic (exact) mass is 472 g/mol. The SMILES string of the molecule is CS(=O)(=O)CCN1CC(c2cccc(Oc3cnccn3)c2)N(c2ccc(Cl)cc2)C1=O. The summed E-state index contributed by atoms with van der Waals surface area (Å²) in [5, 5.41) is 0.560. The second-order valence-corrected chi connectivity index (χ2v) is 10.1. The number of anilines is 1. The third-order valence-electron chi connectivity index (χ3n) is 5.02. The number of amides is 2. The number of hydrogen-bond donors (Lipinski definition) is 0. The molecule has 32 heavy (non-hydrogen) atoms. The molecule has 1 atom stereocenters. The summed E-state index contributed by atoms with van der Waals surface area (Å²) in [4.78, 5) is 24.6. The lowest BCUT2D eigenvalue weighted by Crippen LogP contribution is -2.35. The van der Waals surface area contributed by atoms with E-state index in [9.17, 15) is 13.2 Å². The van der Waals surface area contributed by atoms with Gasteiger partial charge in [0.05, 0.1) is 18.0 Å². The number of carbonyl (C=O) groups is 1. The van der Waals surface area contributed by atoms with Crippen LogP contribution in [-0.4, -0.2) is 54.4 Å². The number of ether oxygens (including phenoxy) is 1. The van der Waals surface area contributed by atoms with Gasteiger partial charge in [-0.05, 0) is 42.0 Å². The fourth-order valence-corrected chi connectivity index (χ4v) is 4.19. The van der Waals surface area contributed by atoms with E-state index in [1.54, 1.807) is 46.3 Å². The Morgan fingerprint density at radius 1 is 1.16 bits per heavy atom. The van der Waals surface area contributed by atoms with Gasteiger partial charge in [-0.2, -0.15) is 0 Å². The Morgan fingerprint density at radius 2 is 1.94 bits per heavy atom. The van der Waals surface area contributed by atoms with Gasteiger partial charge in [0.1, 0.15) is 15.6 Å². The summed E-state index contributed by atoms with van der Waals surface area (Å²) in [6, 6.07) is 13.8. The summed E-state index contributed by atoms with van der Waals surface area (Å²) in [6.45, 7) is 0.458. The van der Waals surface area contributed by atoms with Gasteiger partial charge in [-0.3, -0.25) is 9.88 Å². The molecule has 3 aromatic rings. The standard InChI is InChI=1S/C22H21ClN4O4S/c1-32(29,30)12-11-26-15-20(27(22(26)28)18-7-5-17(23)6-8-18)16-3-2-4-19(13-16)31-21-14-24-9-10-25-21/h2-10,13-14,20H,11-12,15H2,1H3. The quantitative estimate of drug-likeness (QED) is 0.517. The Morgan fingerprint density at radius 3 is 2.62 bits per heavy atom. The van der Waals surface area contributed by atoms with Gasteiger partial charge in [-0.15, -0.1) is 0 Å². The van der Waals surface area contributed by atoms with Crippen molar-refractivity contribution in [3.05, 3.63) is 77.7 Å². The van der Waals surface area contributed by atoms with E-state index in [-0.39, 0.29) is 24.4 Å². The van der Waals surface area contributed by atoms with Crippen LogP contribution in [-0.2, 0) is 9.84 Å². The van der Waals surface area contributed by atoms with Gasteiger partial charge in [0, 0.05) is 42.4 Å². The summed E-state index contributed by atoms with van der Waals surface area (Å²) >= 11 is 6.03. The number of nitrogens with zero attached hydrogens (tertiary/aromatic N) is 4. The maximum absolute atomic E-state index is 13.2. The van der Waals surface area contributed by atoms with E-state index < -0.39 is 9.84 Å². The second kappa shape index (κ2) is 9.13. The van der Waals surface area contributed by atoms with Crippen molar-refractivity contribution >= 4 is 33.2 Å². The lowest BCUT2D eigenvalue weighted by molar-refractivity contribution is 0.223. The molecule has 1 aliphatic rings. The lowest BCUT2D eigenvalue weighted by atomic mass is 10.1. The largest absolute Gasteiger partial charge is 0.437 e. The predicted molar refractivity (Wildman–Crippen MR) is 122 cm³/mol. The van der Waals surface area contributed by atoms with E-state index in [1.807, 2.05) is 18.2 Å². The zero-order valence-corrected chi connectivity index (χ0v) is 18.8. The number of urea groups is 1. The third kappa shape index (κ3) is 5.17. The normalized spacial score (nSPS) is 16.4. The molecule has 1 aromatic heterocycles. The summed E-state index contributed by atoms with van der Waals surface area (Å²) in [7, 11) is -3.21. The number of rotatable bonds is 7. The van der Waals surface area contributed by atoms with E-state index in [4.69, 9.17) is 16.3 Å². The summed E-state index contributed by atoms with van der Waals surface area (Å²) in [6.07, 6.45) is 5.77. The van der Waals surface area contributed by atoms with Crippen molar-refractivity contribution in [2.45, 2.75) is 6.04 Å². The van der Waals surface area contributed by atoms with Crippen molar-refractivity contribution in [3.8, 4) is 11.6 Å². The molecule has 0 radical (unpaired) electrons. The van der Waals surface area contributed by atoms with E-state index in [1.165, 1.54) is 12.4 Å². The molecule has 1 unspecified atom stereocenters. The van der Waals surface area contributed by atoms with Crippen LogP contribution in [0.2, 0.25) is 5.02 Å². The molecule has 2 aromatic carbocycles. The maximum atomic E-state index is 13.2. The maximum Gasteiger partial charge on any atom is 0.325 e. The molecule has 2 heterocycles. The molecule has 0 aliphatic carbocycles. The zero-order chi connectivity index (χ0) is 22.7. The molecule has 8 nitrogen and oxygen atoms in total. The number of sulfone groups is 1. The fraction of sp³-hybridized carbons (Fsp3) is 0.227. The van der Waals surface area contributed by atoms with E-state index in [0.29, 0.717) is 28.9 Å². The Labute approximate surface area is 191 Å². The predicted octanol–water partition coefficient (Wildman–Crippen LogP) is 3.95. The molecule has 0 bridgehead atoms. The van der Waals surface area contributed by atoms with Gasteiger partial charge >= 0.3 is 6.03 Å². The van der Waals surface area contributed by atoms with Crippen molar-refractivity contribution < 1.29 is 17.9 Å². The number of aromatic nitrogens is 2. The van der Waals surface area contributed by atoms with E-state index in [2.05, 4.69) is 9.97 Å². The van der Waals surface area contributed by atoms with E-state index in [0.717, 1.165) is 11.8 Å². The van der Waals surface area contributed by atoms with Crippen LogP contribution >= 0.6 is 11.6 Å². The minimum Gasteiger partial charge on any atom is -0.437 e. The number of benzene rings is 2. The molecule has 0 saturated carbocycles. The minimum absolute atomic E-state index is 0.101. The molecular formula is C22H21ClN4O4S. The summed E-state index contributed by atoms with van der Waals surface area (Å²) in [5.41, 5.74) is 1.52. The average Bonchev–Trinajstić information content (AvgIpc) is 3.10. The van der Waals surface area contributed by atoms with Gasteiger partial charge in [0.25, 0.3) is 0 Å². The third-order valence-corrected chi connectivity index (χ3v) is 6.20. The van der Waals surface area contributed by atoms with Crippen LogP contribution in [0, 0.1) is 0 Å². The van der Waals surface area contributed by atoms with Crippen LogP contribution in [0.15, 0.2) is 67.1 Å². The van der Waals surface area contributed by atoms with E-state index >= 15 is 0 Å². The number of halogens is 1. The topological polar surface area (TPSA) is 92.7 Å². The molecule has 1 fully saturated rings. The first kappa shape index (κ1) is 22.0. The lowest BCUT2D eigenvalue weighted by Gasteiger charge is -2.24. The molecular weight excluding hydrogens is 452 g/mol. The smallest absolute Gasteiger partial charge is 0.325 e. The Balaban J connectivity index is 1.65. The van der Waals surface area contributed by atoms with Crippen molar-refractivity contribution in [2.75, 3.05) is 30.0 Å². The van der Waals surface area contributed by atoms with Gasteiger partial charge in [-0.25, -0.2) is 18.2 Å². The van der Waals surface area contributed by atoms with Gasteiger partial charge in [-0.1, -0.05) is 23.7 Å². The zero-order valence-electron chi connectivity index (χ0n) is 17.3. The van der Waals surface area contributed by atoms with Crippen molar-refractivity contribution in [1.82, 2.24) is 14.9 Å². The molecule has 10 heteroatoms. The van der Waals surface area contributed by atoms with Crippen LogP contribution in [0.4, 0.5) is 10.5 Å². The van der Waals surface area contributed by atoms with Crippen LogP contribution in [0.3, 0.4) is 0 Å². The highest BCUT2D eigenvalue weighted by Gasteiger charge is 2.39. The first-order valence-corrected chi connectivity index (χ1v) is 12.3. The first-order chi connectivity index (χ1) is 15.3. The minimum atomic E-state index is -3.21. The Bertz CT molecular complexity index is 1210. The second-order valence-electron chi connectivity index (χ2n) is 7.44. The molecule has 1 aliphatic heterocycles. The van der Waals surface area contributed by atoms with Crippen LogP contribution in [0.1, 0.15) is 11.6 Å². The molecule has 0 N–H and O–H groups in total. The van der Waals surface area contributed by atoms with Gasteiger partial charge in [0.2, 0.25) is 5.88 Å². The fourth-order valence-electron chi connectivity index (χ4n) is 3.51.